The number of ether oxygens (including phenoxy) is 3. The van der Waals surface area contributed by atoms with Gasteiger partial charge in [0.1, 0.15) is 35.1 Å². The molecule has 0 spiro atoms. The van der Waals surface area contributed by atoms with Crippen LogP contribution in [0.5, 0.6) is 0 Å². The number of halogens is 3. The number of nitrogen functional groups attached to an aromatic ring is 1. The molecule has 214 valence electrons. The lowest BCUT2D eigenvalue weighted by molar-refractivity contribution is -0.0773. The number of methoxy groups -OCH3 is 1. The molecule has 11 heteroatoms. The van der Waals surface area contributed by atoms with Crippen molar-refractivity contribution < 1.29 is 32.2 Å². The molecule has 2 aromatic carbocycles. The third kappa shape index (κ3) is 4.83. The van der Waals surface area contributed by atoms with E-state index < -0.39 is 29.6 Å². The third-order valence-corrected chi connectivity index (χ3v) is 7.93. The molecule has 3 atom stereocenters. The summed E-state index contributed by atoms with van der Waals surface area (Å²) in [5, 5.41) is 0. The van der Waals surface area contributed by atoms with Gasteiger partial charge in [-0.25, -0.2) is 18.2 Å². The van der Waals surface area contributed by atoms with Crippen molar-refractivity contribution in [3.63, 3.8) is 0 Å². The summed E-state index contributed by atoms with van der Waals surface area (Å²) in [6, 6.07) is 8.65. The van der Waals surface area contributed by atoms with Crippen LogP contribution in [-0.2, 0) is 27.4 Å². The number of rotatable bonds is 6. The summed E-state index contributed by atoms with van der Waals surface area (Å²) in [5.74, 6) is -2.32. The molecule has 8 nitrogen and oxygen atoms in total. The van der Waals surface area contributed by atoms with Gasteiger partial charge >= 0.3 is 0 Å². The molecule has 3 N–H and O–H groups in total. The number of nitrogens with two attached hydrogens (primary N) is 1. The number of amides is 1. The minimum atomic E-state index is -0.793. The summed E-state index contributed by atoms with van der Waals surface area (Å²) in [5.41, 5.74) is 9.23. The third-order valence-electron chi connectivity index (χ3n) is 7.93. The van der Waals surface area contributed by atoms with Gasteiger partial charge in [-0.15, -0.1) is 0 Å². The van der Waals surface area contributed by atoms with Crippen LogP contribution < -0.4 is 5.73 Å². The van der Waals surface area contributed by atoms with E-state index in [0.717, 1.165) is 29.3 Å². The van der Waals surface area contributed by atoms with Gasteiger partial charge in [-0.2, -0.15) is 0 Å². The van der Waals surface area contributed by atoms with Crippen LogP contribution in [0.25, 0.3) is 22.2 Å². The first kappa shape index (κ1) is 27.3. The van der Waals surface area contributed by atoms with Gasteiger partial charge in [-0.1, -0.05) is 18.2 Å². The molecule has 4 heterocycles. The maximum Gasteiger partial charge on any atom is 0.271 e. The van der Waals surface area contributed by atoms with Crippen LogP contribution in [-0.4, -0.2) is 53.2 Å². The molecule has 1 fully saturated rings. The molecular formula is C30H29F3N4O4. The first-order valence-corrected chi connectivity index (χ1v) is 13.3. The lowest BCUT2D eigenvalue weighted by Gasteiger charge is -2.39. The quantitative estimate of drug-likeness (QED) is 0.330. The van der Waals surface area contributed by atoms with Gasteiger partial charge < -0.3 is 29.8 Å². The Balaban J connectivity index is 1.38. The number of aromatic amines is 1. The molecule has 2 aliphatic heterocycles. The number of carbonyl (C=O) groups excluding carboxylic acids is 1. The predicted molar refractivity (Wildman–Crippen MR) is 145 cm³/mol. The molecule has 4 aromatic rings. The number of nitrogens with one attached hydrogen (secondary N) is 1. The molecule has 0 bridgehead atoms. The zero-order chi connectivity index (χ0) is 28.8. The summed E-state index contributed by atoms with van der Waals surface area (Å²) in [4.78, 5) is 23.3. The van der Waals surface area contributed by atoms with Crippen molar-refractivity contribution >= 4 is 22.8 Å². The summed E-state index contributed by atoms with van der Waals surface area (Å²) < 4.78 is 61.1. The molecule has 0 radical (unpaired) electrons. The predicted octanol–water partition coefficient (Wildman–Crippen LogP) is 5.27. The molecule has 1 amide bonds. The Bertz CT molecular complexity index is 1620. The average molecular weight is 567 g/mol. The van der Waals surface area contributed by atoms with Gasteiger partial charge in [-0.3, -0.25) is 4.79 Å². The van der Waals surface area contributed by atoms with Gasteiger partial charge in [0.2, 0.25) is 0 Å². The normalized spacial score (nSPS) is 20.4. The van der Waals surface area contributed by atoms with Crippen LogP contribution >= 0.6 is 0 Å². The van der Waals surface area contributed by atoms with Crippen molar-refractivity contribution in [2.45, 2.75) is 44.7 Å². The lowest BCUT2D eigenvalue weighted by Crippen LogP contribution is -2.52. The zero-order valence-electron chi connectivity index (χ0n) is 22.5. The van der Waals surface area contributed by atoms with Gasteiger partial charge in [0.15, 0.2) is 0 Å². The zero-order valence-corrected chi connectivity index (χ0v) is 22.5. The lowest BCUT2D eigenvalue weighted by atomic mass is 10.00. The van der Waals surface area contributed by atoms with Crippen molar-refractivity contribution in [3.05, 3.63) is 82.3 Å². The average Bonchev–Trinajstić information content (AvgIpc) is 3.56. The number of hydrogen-bond acceptors (Lipinski definition) is 6. The number of nitrogens with zero attached hydrogens (tertiary/aromatic N) is 2. The van der Waals surface area contributed by atoms with Gasteiger partial charge in [-0.05, 0) is 43.2 Å². The van der Waals surface area contributed by atoms with Gasteiger partial charge in [0.05, 0.1) is 42.0 Å². The van der Waals surface area contributed by atoms with E-state index in [2.05, 4.69) is 9.97 Å². The summed E-state index contributed by atoms with van der Waals surface area (Å²) in [7, 11) is 1.54. The molecule has 0 aliphatic carbocycles. The topological polar surface area (TPSA) is 103 Å². The number of H-pyrrole nitrogens is 1. The molecule has 0 saturated carbocycles. The van der Waals surface area contributed by atoms with E-state index in [1.165, 1.54) is 25.3 Å². The second kappa shape index (κ2) is 10.8. The van der Waals surface area contributed by atoms with E-state index in [0.29, 0.717) is 36.5 Å². The number of aromatic nitrogens is 2. The maximum absolute atomic E-state index is 15.5. The standard InChI is InChI=1S/C30H29F3N4O4/c1-15-26-18(13-41-15)28-22(36-29(26)34)11-23(35-28)30(38)37(24-8-9-40-14-25(24)39-2)12-17-7-6-16(10-21(17)33)27-19(31)4-3-5-20(27)32/h3-7,10-11,15,24-25,35H,8-9,12-14H2,1-2H3,(H2,34,36)/t15-,24-,25+/m0/s1. The Morgan fingerprint density at radius 3 is 2.68 bits per heavy atom. The maximum atomic E-state index is 15.5. The van der Waals surface area contributed by atoms with Gasteiger partial charge in [0, 0.05) is 37.0 Å². The Hall–Kier alpha value is -3.93. The number of anilines is 1. The van der Waals surface area contributed by atoms with Crippen molar-refractivity contribution in [1.82, 2.24) is 14.9 Å². The van der Waals surface area contributed by atoms with Crippen LogP contribution in [0.1, 0.15) is 46.6 Å². The van der Waals surface area contributed by atoms with E-state index in [9.17, 15) is 13.6 Å². The largest absolute Gasteiger partial charge is 0.383 e. The highest BCUT2D eigenvalue weighted by atomic mass is 19.1. The fraction of sp³-hybridized carbons (Fsp3) is 0.333. The molecule has 0 unspecified atom stereocenters. The molecule has 6 rings (SSSR count). The molecule has 41 heavy (non-hydrogen) atoms. The summed E-state index contributed by atoms with van der Waals surface area (Å²) in [6.07, 6.45) is -0.190. The second-order valence-electron chi connectivity index (χ2n) is 10.3. The first-order valence-electron chi connectivity index (χ1n) is 13.3. The van der Waals surface area contributed by atoms with Crippen LogP contribution in [0.15, 0.2) is 42.5 Å². The van der Waals surface area contributed by atoms with Crippen LogP contribution in [0.2, 0.25) is 0 Å². The van der Waals surface area contributed by atoms with Gasteiger partial charge in [0.25, 0.3) is 5.91 Å². The SMILES string of the molecule is CO[C@@H]1COCC[C@@H]1N(Cc1ccc(-c2c(F)cccc2F)cc1F)C(=O)c1cc2nc(N)c3c(c2[nH]1)CO[C@H]3C. The van der Waals surface area contributed by atoms with E-state index in [1.807, 2.05) is 6.92 Å². The smallest absolute Gasteiger partial charge is 0.271 e. The fourth-order valence-electron chi connectivity index (χ4n) is 5.82. The minimum Gasteiger partial charge on any atom is -0.383 e. The molecule has 2 aliphatic rings. The van der Waals surface area contributed by atoms with Crippen molar-refractivity contribution in [1.29, 1.82) is 0 Å². The number of pyridine rings is 1. The van der Waals surface area contributed by atoms with E-state index in [1.54, 1.807) is 11.0 Å². The van der Waals surface area contributed by atoms with Crippen molar-refractivity contribution in [2.24, 2.45) is 0 Å². The Morgan fingerprint density at radius 2 is 1.95 bits per heavy atom. The Labute approximate surface area is 234 Å². The molecule has 2 aromatic heterocycles. The first-order chi connectivity index (χ1) is 19.8. The van der Waals surface area contributed by atoms with Crippen molar-refractivity contribution in [3.8, 4) is 11.1 Å². The highest BCUT2D eigenvalue weighted by Crippen LogP contribution is 2.38. The number of fused-ring (bicyclic) bond motifs is 3. The Morgan fingerprint density at radius 1 is 1.17 bits per heavy atom. The number of benzene rings is 2. The van der Waals surface area contributed by atoms with Crippen LogP contribution in [0.4, 0.5) is 19.0 Å². The number of hydrogen-bond donors (Lipinski definition) is 2. The molecule has 1 saturated heterocycles. The highest BCUT2D eigenvalue weighted by molar-refractivity contribution is 5.98. The van der Waals surface area contributed by atoms with E-state index in [-0.39, 0.29) is 47.5 Å². The monoisotopic (exact) mass is 566 g/mol. The summed E-state index contributed by atoms with van der Waals surface area (Å²) >= 11 is 0. The minimum absolute atomic E-state index is 0.0603. The van der Waals surface area contributed by atoms with Crippen LogP contribution in [0, 0.1) is 17.5 Å². The fourth-order valence-corrected chi connectivity index (χ4v) is 5.82. The second-order valence-corrected chi connectivity index (χ2v) is 10.3. The van der Waals surface area contributed by atoms with E-state index in [4.69, 9.17) is 19.9 Å². The summed E-state index contributed by atoms with van der Waals surface area (Å²) in [6.45, 7) is 2.78. The molecular weight excluding hydrogens is 537 g/mol. The van der Waals surface area contributed by atoms with E-state index >= 15 is 4.39 Å². The Kier molecular flexibility index (Phi) is 7.18. The van der Waals surface area contributed by atoms with Crippen molar-refractivity contribution in [2.75, 3.05) is 26.1 Å². The highest BCUT2D eigenvalue weighted by Gasteiger charge is 2.36. The van der Waals surface area contributed by atoms with Crippen LogP contribution in [0.3, 0.4) is 0 Å². The number of carbonyl (C=O) groups is 1.